The van der Waals surface area contributed by atoms with Gasteiger partial charge in [0.05, 0.1) is 28.1 Å². The molecular weight excluding hydrogens is 829 g/mol. The number of aromatic nitrogens is 2. The monoisotopic (exact) mass is 876 g/mol. The standard InChI is InChI=1S/C62H48N6/c1-42-31-33-47(34-32-42)62(65-61(63)46-23-10-5-11-24-46)66-67-37-15-14-18-43(2)59-57(67)35-36-58-60(59)53-29-12-13-30-56(53)68(58)52-28-17-26-49(39-52)51-40-54(45-21-8-4-9-22-45)64-55(41-51)50-27-16-25-48(38-50)44-19-6-3-7-20-44/h3-31,33-42H,2,32H2,1H3,(H2,63,65,66)/b18-14-,37-15-. The number of nitrogens with zero attached hydrogens (tertiary/aromatic N) is 4. The average Bonchev–Trinajstić information content (AvgIpc) is 3.73. The minimum absolute atomic E-state index is 0.180. The van der Waals surface area contributed by atoms with E-state index in [-0.39, 0.29) is 5.84 Å². The first-order valence-corrected chi connectivity index (χ1v) is 23.1. The molecule has 0 saturated heterocycles. The summed E-state index contributed by atoms with van der Waals surface area (Å²) in [7, 11) is 0. The maximum Gasteiger partial charge on any atom is 0.154 e. The molecular formula is C62H48N6. The number of allylic oxidation sites excluding steroid dienone is 6. The van der Waals surface area contributed by atoms with Gasteiger partial charge in [0, 0.05) is 50.5 Å². The molecule has 1 aliphatic carbocycles. The van der Waals surface area contributed by atoms with Gasteiger partial charge in [0.1, 0.15) is 0 Å². The summed E-state index contributed by atoms with van der Waals surface area (Å²) in [5.41, 5.74) is 19.8. The SMILES string of the molecule is C=C1/C=C\C=C/N(N/C(=N\C(=N)c2ccccc2)C2=CCC(C)C=C2)c2ccc3c(c21)c1ccccc1n3-c1cccc(-c2cc(-c3ccccc3)nc(-c3cccc(-c4ccccc4)c3)c2)c1. The number of hydrogen-bond donors (Lipinski definition) is 2. The van der Waals surface area contributed by atoms with Gasteiger partial charge in [0.2, 0.25) is 0 Å². The van der Waals surface area contributed by atoms with Crippen LogP contribution in [-0.4, -0.2) is 21.2 Å². The number of hydrogen-bond acceptors (Lipinski definition) is 3. The fraction of sp³-hybridized carbons (Fsp3) is 0.0484. The van der Waals surface area contributed by atoms with E-state index in [2.05, 4.69) is 199 Å². The number of pyridine rings is 1. The van der Waals surface area contributed by atoms with Crippen molar-refractivity contribution in [3.8, 4) is 50.5 Å². The molecule has 1 unspecified atom stereocenters. The lowest BCUT2D eigenvalue weighted by atomic mass is 9.96. The fourth-order valence-corrected chi connectivity index (χ4v) is 9.28. The van der Waals surface area contributed by atoms with Crippen molar-refractivity contribution < 1.29 is 0 Å². The molecule has 0 bridgehead atoms. The average molecular weight is 877 g/mol. The van der Waals surface area contributed by atoms with E-state index in [1.165, 1.54) is 5.56 Å². The molecule has 1 aliphatic heterocycles. The smallest absolute Gasteiger partial charge is 0.154 e. The molecule has 6 nitrogen and oxygen atoms in total. The van der Waals surface area contributed by atoms with Crippen molar-refractivity contribution in [3.05, 3.63) is 254 Å². The first kappa shape index (κ1) is 41.8. The number of anilines is 1. The van der Waals surface area contributed by atoms with E-state index in [9.17, 15) is 0 Å². The summed E-state index contributed by atoms with van der Waals surface area (Å²) in [6, 6.07) is 65.5. The topological polar surface area (TPSA) is 69.3 Å². The second-order valence-electron chi connectivity index (χ2n) is 17.3. The van der Waals surface area contributed by atoms with Crippen molar-refractivity contribution in [2.24, 2.45) is 10.9 Å². The highest BCUT2D eigenvalue weighted by Crippen LogP contribution is 2.43. The van der Waals surface area contributed by atoms with Crippen molar-refractivity contribution in [1.82, 2.24) is 15.0 Å². The second-order valence-corrected chi connectivity index (χ2v) is 17.3. The zero-order chi connectivity index (χ0) is 46.0. The molecule has 2 aliphatic rings. The van der Waals surface area contributed by atoms with Gasteiger partial charge in [-0.3, -0.25) is 15.8 Å². The van der Waals surface area contributed by atoms with Crippen LogP contribution in [0.4, 0.5) is 5.69 Å². The minimum atomic E-state index is 0.180. The van der Waals surface area contributed by atoms with E-state index in [1.807, 2.05) is 59.8 Å². The van der Waals surface area contributed by atoms with Crippen molar-refractivity contribution in [2.45, 2.75) is 13.3 Å². The second kappa shape index (κ2) is 18.2. The van der Waals surface area contributed by atoms with Crippen LogP contribution in [0.3, 0.4) is 0 Å². The molecule has 6 heteroatoms. The van der Waals surface area contributed by atoms with Crippen molar-refractivity contribution in [1.29, 1.82) is 5.41 Å². The van der Waals surface area contributed by atoms with Crippen LogP contribution < -0.4 is 10.4 Å². The third-order valence-corrected chi connectivity index (χ3v) is 12.7. The molecule has 0 radical (unpaired) electrons. The summed E-state index contributed by atoms with van der Waals surface area (Å²) in [6.07, 6.45) is 15.5. The Labute approximate surface area is 397 Å². The van der Waals surface area contributed by atoms with Gasteiger partial charge in [-0.1, -0.05) is 183 Å². The van der Waals surface area contributed by atoms with Gasteiger partial charge >= 0.3 is 0 Å². The molecule has 11 rings (SSSR count). The lowest BCUT2D eigenvalue weighted by Crippen LogP contribution is -2.40. The van der Waals surface area contributed by atoms with E-state index in [4.69, 9.17) is 15.4 Å². The van der Waals surface area contributed by atoms with Crippen LogP contribution in [0.15, 0.2) is 248 Å². The highest BCUT2D eigenvalue weighted by molar-refractivity contribution is 6.17. The Kier molecular flexibility index (Phi) is 11.2. The Morgan fingerprint density at radius 1 is 0.632 bits per heavy atom. The van der Waals surface area contributed by atoms with Gasteiger partial charge in [0.25, 0.3) is 0 Å². The highest BCUT2D eigenvalue weighted by Gasteiger charge is 2.24. The van der Waals surface area contributed by atoms with Crippen LogP contribution in [0.5, 0.6) is 0 Å². The quantitative estimate of drug-likeness (QED) is 0.118. The van der Waals surface area contributed by atoms with Gasteiger partial charge in [-0.25, -0.2) is 9.98 Å². The van der Waals surface area contributed by atoms with E-state index < -0.39 is 0 Å². The molecule has 7 aromatic carbocycles. The summed E-state index contributed by atoms with van der Waals surface area (Å²) in [4.78, 5) is 10.2. The van der Waals surface area contributed by atoms with Crippen LogP contribution in [0, 0.1) is 11.3 Å². The Morgan fingerprint density at radius 3 is 2.06 bits per heavy atom. The largest absolute Gasteiger partial charge is 0.309 e. The maximum absolute atomic E-state index is 9.03. The Morgan fingerprint density at radius 2 is 1.29 bits per heavy atom. The zero-order valence-electron chi connectivity index (χ0n) is 37.7. The molecule has 1 atom stereocenters. The molecule has 0 fully saturated rings. The summed E-state index contributed by atoms with van der Waals surface area (Å²) in [5.74, 6) is 1.19. The third kappa shape index (κ3) is 8.20. The number of nitrogens with one attached hydrogen (secondary N) is 2. The molecule has 2 aromatic heterocycles. The van der Waals surface area contributed by atoms with Gasteiger partial charge in [-0.15, -0.1) is 0 Å². The Balaban J connectivity index is 1.04. The molecule has 0 spiro atoms. The highest BCUT2D eigenvalue weighted by atomic mass is 15.5. The van der Waals surface area contributed by atoms with Crippen LogP contribution in [0.1, 0.15) is 24.5 Å². The van der Waals surface area contributed by atoms with E-state index in [0.29, 0.717) is 11.8 Å². The predicted molar refractivity (Wildman–Crippen MR) is 285 cm³/mol. The van der Waals surface area contributed by atoms with Gasteiger partial charge in [-0.2, -0.15) is 0 Å². The third-order valence-electron chi connectivity index (χ3n) is 12.7. The number of benzene rings is 7. The predicted octanol–water partition coefficient (Wildman–Crippen LogP) is 15.2. The molecule has 3 heterocycles. The van der Waals surface area contributed by atoms with E-state index in [1.54, 1.807) is 0 Å². The Bertz CT molecular complexity index is 3550. The maximum atomic E-state index is 9.03. The van der Waals surface area contributed by atoms with Crippen molar-refractivity contribution >= 4 is 44.7 Å². The fourth-order valence-electron chi connectivity index (χ4n) is 9.28. The number of aliphatic imine (C=N–C) groups is 1. The summed E-state index contributed by atoms with van der Waals surface area (Å²) in [6.45, 7) is 6.87. The number of amidine groups is 2. The lowest BCUT2D eigenvalue weighted by Gasteiger charge is -2.28. The number of fused-ring (bicyclic) bond motifs is 5. The van der Waals surface area contributed by atoms with Crippen LogP contribution >= 0.6 is 0 Å². The first-order valence-electron chi connectivity index (χ1n) is 23.1. The van der Waals surface area contributed by atoms with Crippen LogP contribution in [-0.2, 0) is 0 Å². The van der Waals surface area contributed by atoms with Gasteiger partial charge in [-0.05, 0) is 94.8 Å². The van der Waals surface area contributed by atoms with Crippen molar-refractivity contribution in [3.63, 3.8) is 0 Å². The lowest BCUT2D eigenvalue weighted by molar-refractivity contribution is 0.733. The summed E-state index contributed by atoms with van der Waals surface area (Å²) in [5, 5.41) is 13.3. The first-order chi connectivity index (χ1) is 33.4. The van der Waals surface area contributed by atoms with Gasteiger partial charge < -0.3 is 4.57 Å². The molecule has 9 aromatic rings. The molecule has 2 N–H and O–H groups in total. The zero-order valence-corrected chi connectivity index (χ0v) is 37.7. The summed E-state index contributed by atoms with van der Waals surface area (Å²) < 4.78 is 2.37. The van der Waals surface area contributed by atoms with E-state index >= 15 is 0 Å². The normalized spacial score (nSPS) is 15.6. The molecule has 0 saturated carbocycles. The number of rotatable bonds is 8. The molecule has 326 valence electrons. The minimum Gasteiger partial charge on any atom is -0.309 e. The molecule has 68 heavy (non-hydrogen) atoms. The number of para-hydroxylation sites is 1. The van der Waals surface area contributed by atoms with Crippen LogP contribution in [0.25, 0.3) is 77.8 Å². The number of hydrazine groups is 1. The van der Waals surface area contributed by atoms with Crippen molar-refractivity contribution in [2.75, 3.05) is 5.01 Å². The van der Waals surface area contributed by atoms with Gasteiger partial charge in [0.15, 0.2) is 11.7 Å². The Hall–Kier alpha value is -8.87. The van der Waals surface area contributed by atoms with E-state index in [0.717, 1.165) is 101 Å². The molecule has 0 amide bonds. The van der Waals surface area contributed by atoms with Crippen LogP contribution in [0.2, 0.25) is 0 Å². The summed E-state index contributed by atoms with van der Waals surface area (Å²) >= 11 is 0.